The largest absolute Gasteiger partial charge is 0.375 e. The second kappa shape index (κ2) is 8.23. The van der Waals surface area contributed by atoms with E-state index in [9.17, 15) is 0 Å². The highest BCUT2D eigenvalue weighted by atomic mass is 35.5. The molecule has 5 heteroatoms. The molecule has 0 saturated carbocycles. The van der Waals surface area contributed by atoms with Gasteiger partial charge >= 0.3 is 0 Å². The Hall–Kier alpha value is 0.01000. The van der Waals surface area contributed by atoms with Crippen LogP contribution in [-0.4, -0.2) is 19.2 Å². The summed E-state index contributed by atoms with van der Waals surface area (Å²) in [5.74, 6) is 0. The molecule has 1 N–H and O–H groups in total. The average Bonchev–Trinajstić information content (AvgIpc) is 2.35. The van der Waals surface area contributed by atoms with Crippen molar-refractivity contribution >= 4 is 35.6 Å². The number of ether oxygens (including phenoxy) is 1. The average molecular weight is 311 g/mol. The van der Waals surface area contributed by atoms with E-state index in [2.05, 4.69) is 5.32 Å². The molecule has 1 atom stereocenters. The molecular formula is C13H18Cl3NO. The molecule has 1 aliphatic rings. The summed E-state index contributed by atoms with van der Waals surface area (Å²) in [6.07, 6.45) is 3.79. The van der Waals surface area contributed by atoms with Crippen LogP contribution in [0.5, 0.6) is 0 Å². The van der Waals surface area contributed by atoms with E-state index in [0.717, 1.165) is 18.7 Å². The molecule has 2 nitrogen and oxygen atoms in total. The lowest BCUT2D eigenvalue weighted by Gasteiger charge is -2.23. The van der Waals surface area contributed by atoms with Crippen molar-refractivity contribution in [1.29, 1.82) is 0 Å². The molecule has 0 spiro atoms. The smallest absolute Gasteiger partial charge is 0.0718 e. The molecular weight excluding hydrogens is 293 g/mol. The fourth-order valence-electron chi connectivity index (χ4n) is 2.01. The molecule has 0 aromatic heterocycles. The summed E-state index contributed by atoms with van der Waals surface area (Å²) in [6.45, 7) is 2.47. The lowest BCUT2D eigenvalue weighted by atomic mass is 10.1. The first-order chi connectivity index (χ1) is 8.25. The molecule has 1 aromatic rings. The van der Waals surface area contributed by atoms with E-state index in [4.69, 9.17) is 27.9 Å². The zero-order valence-electron chi connectivity index (χ0n) is 10.1. The minimum absolute atomic E-state index is 0. The lowest BCUT2D eigenvalue weighted by Crippen LogP contribution is -2.37. The summed E-state index contributed by atoms with van der Waals surface area (Å²) >= 11 is 11.8. The van der Waals surface area contributed by atoms with Gasteiger partial charge in [-0.25, -0.2) is 0 Å². The number of hydrogen-bond donors (Lipinski definition) is 1. The molecule has 0 amide bonds. The van der Waals surface area contributed by atoms with Crippen molar-refractivity contribution in [3.8, 4) is 0 Å². The summed E-state index contributed by atoms with van der Waals surface area (Å²) in [5, 5.41) is 4.63. The first-order valence-corrected chi connectivity index (χ1v) is 6.76. The number of rotatable bonds is 4. The van der Waals surface area contributed by atoms with E-state index in [0.29, 0.717) is 22.7 Å². The first-order valence-electron chi connectivity index (χ1n) is 6.01. The van der Waals surface area contributed by atoms with Crippen molar-refractivity contribution in [3.05, 3.63) is 33.8 Å². The molecule has 1 aliphatic heterocycles. The maximum Gasteiger partial charge on any atom is 0.0718 e. The summed E-state index contributed by atoms with van der Waals surface area (Å²) in [6, 6.07) is 6.12. The Morgan fingerprint density at radius 1 is 1.22 bits per heavy atom. The Morgan fingerprint density at radius 2 is 2.06 bits per heavy atom. The van der Waals surface area contributed by atoms with Gasteiger partial charge in [0.15, 0.2) is 0 Å². The fraction of sp³-hybridized carbons (Fsp3) is 0.538. The summed E-state index contributed by atoms with van der Waals surface area (Å²) < 4.78 is 5.69. The Morgan fingerprint density at radius 3 is 2.72 bits per heavy atom. The van der Waals surface area contributed by atoms with Crippen molar-refractivity contribution in [2.24, 2.45) is 0 Å². The maximum absolute atomic E-state index is 5.94. The second-order valence-corrected chi connectivity index (χ2v) is 5.22. The molecule has 1 aromatic carbocycles. The van der Waals surface area contributed by atoms with Gasteiger partial charge in [0.25, 0.3) is 0 Å². The molecule has 1 unspecified atom stereocenters. The second-order valence-electron chi connectivity index (χ2n) is 4.41. The number of halogens is 3. The predicted molar refractivity (Wildman–Crippen MR) is 79.0 cm³/mol. The van der Waals surface area contributed by atoms with Gasteiger partial charge in [-0.3, -0.25) is 0 Å². The number of hydrogen-bond acceptors (Lipinski definition) is 2. The zero-order chi connectivity index (χ0) is 12.1. The number of benzene rings is 1. The van der Waals surface area contributed by atoms with Crippen molar-refractivity contribution < 1.29 is 4.74 Å². The van der Waals surface area contributed by atoms with E-state index < -0.39 is 0 Å². The highest BCUT2D eigenvalue weighted by molar-refractivity contribution is 6.42. The molecule has 0 aliphatic carbocycles. The SMILES string of the molecule is Cl.Clc1ccc(COCC2CCCCN2)cc1Cl. The Kier molecular flexibility index (Phi) is 7.35. The summed E-state index contributed by atoms with van der Waals surface area (Å²) in [4.78, 5) is 0. The van der Waals surface area contributed by atoms with E-state index in [1.807, 2.05) is 12.1 Å². The molecule has 1 heterocycles. The molecule has 0 bridgehead atoms. The van der Waals surface area contributed by atoms with Crippen LogP contribution in [0.25, 0.3) is 0 Å². The number of nitrogens with one attached hydrogen (secondary N) is 1. The van der Waals surface area contributed by atoms with Gasteiger partial charge in [-0.05, 0) is 37.1 Å². The standard InChI is InChI=1S/C13H17Cl2NO.ClH/c14-12-5-4-10(7-13(12)15)8-17-9-11-3-1-2-6-16-11;/h4-5,7,11,16H,1-3,6,8-9H2;1H. The van der Waals surface area contributed by atoms with Crippen molar-refractivity contribution in [2.45, 2.75) is 31.9 Å². The van der Waals surface area contributed by atoms with Crippen LogP contribution < -0.4 is 5.32 Å². The Balaban J connectivity index is 0.00000162. The van der Waals surface area contributed by atoms with Crippen LogP contribution in [0.15, 0.2) is 18.2 Å². The van der Waals surface area contributed by atoms with Gasteiger partial charge < -0.3 is 10.1 Å². The van der Waals surface area contributed by atoms with Gasteiger partial charge in [0.05, 0.1) is 23.3 Å². The van der Waals surface area contributed by atoms with Gasteiger partial charge in [-0.2, -0.15) is 0 Å². The Bertz CT molecular complexity index is 367. The number of piperidine rings is 1. The first kappa shape index (κ1) is 16.1. The van der Waals surface area contributed by atoms with Crippen LogP contribution in [0.2, 0.25) is 10.0 Å². The maximum atomic E-state index is 5.94. The van der Waals surface area contributed by atoms with E-state index >= 15 is 0 Å². The third-order valence-electron chi connectivity index (χ3n) is 2.98. The van der Waals surface area contributed by atoms with Gasteiger partial charge in [-0.1, -0.05) is 35.7 Å². The van der Waals surface area contributed by atoms with E-state index in [-0.39, 0.29) is 12.4 Å². The molecule has 2 rings (SSSR count). The van der Waals surface area contributed by atoms with Crippen molar-refractivity contribution in [3.63, 3.8) is 0 Å². The third-order valence-corrected chi connectivity index (χ3v) is 3.72. The molecule has 0 radical (unpaired) electrons. The van der Waals surface area contributed by atoms with Crippen LogP contribution in [0.1, 0.15) is 24.8 Å². The summed E-state index contributed by atoms with van der Waals surface area (Å²) in [7, 11) is 0. The van der Waals surface area contributed by atoms with E-state index in [1.54, 1.807) is 6.07 Å². The zero-order valence-corrected chi connectivity index (χ0v) is 12.5. The van der Waals surface area contributed by atoms with Crippen LogP contribution in [0.4, 0.5) is 0 Å². The summed E-state index contributed by atoms with van der Waals surface area (Å²) in [5.41, 5.74) is 1.07. The highest BCUT2D eigenvalue weighted by Crippen LogP contribution is 2.22. The third kappa shape index (κ3) is 4.94. The van der Waals surface area contributed by atoms with Crippen LogP contribution in [0.3, 0.4) is 0 Å². The Labute approximate surface area is 124 Å². The predicted octanol–water partition coefficient (Wildman–Crippen LogP) is 4.07. The molecule has 18 heavy (non-hydrogen) atoms. The quantitative estimate of drug-likeness (QED) is 0.905. The normalized spacial score (nSPS) is 19.3. The minimum atomic E-state index is 0. The monoisotopic (exact) mass is 309 g/mol. The minimum Gasteiger partial charge on any atom is -0.375 e. The van der Waals surface area contributed by atoms with Gasteiger partial charge in [-0.15, -0.1) is 12.4 Å². The van der Waals surface area contributed by atoms with Gasteiger partial charge in [0.1, 0.15) is 0 Å². The molecule has 1 saturated heterocycles. The van der Waals surface area contributed by atoms with Crippen LogP contribution >= 0.6 is 35.6 Å². The van der Waals surface area contributed by atoms with Crippen molar-refractivity contribution in [1.82, 2.24) is 5.32 Å². The van der Waals surface area contributed by atoms with Crippen LogP contribution in [0, 0.1) is 0 Å². The van der Waals surface area contributed by atoms with Gasteiger partial charge in [0.2, 0.25) is 0 Å². The molecule has 102 valence electrons. The van der Waals surface area contributed by atoms with Gasteiger partial charge in [0, 0.05) is 6.04 Å². The topological polar surface area (TPSA) is 21.3 Å². The van der Waals surface area contributed by atoms with Crippen LogP contribution in [-0.2, 0) is 11.3 Å². The van der Waals surface area contributed by atoms with Crippen molar-refractivity contribution in [2.75, 3.05) is 13.2 Å². The van der Waals surface area contributed by atoms with E-state index in [1.165, 1.54) is 19.3 Å². The fourth-order valence-corrected chi connectivity index (χ4v) is 2.34. The molecule has 1 fully saturated rings. The highest BCUT2D eigenvalue weighted by Gasteiger charge is 2.12. The lowest BCUT2D eigenvalue weighted by molar-refractivity contribution is 0.0911.